The Morgan fingerprint density at radius 1 is 1.36 bits per heavy atom. The van der Waals surface area contributed by atoms with Crippen LogP contribution in [0, 0.1) is 5.92 Å². The zero-order valence-electron chi connectivity index (χ0n) is 16.2. The first-order chi connectivity index (χ1) is 13.2. The molecule has 1 N–H and O–H groups in total. The Balaban J connectivity index is 1.58. The Labute approximate surface area is 168 Å². The van der Waals surface area contributed by atoms with E-state index in [1.165, 1.54) is 0 Å². The molecule has 0 spiro atoms. The standard InChI is InChI=1S/C19H24N4O4S/c1-19(2,3)27-15(24)10-12-5-8-23(9-6-12)17-20-7-4-13(21-17)11-14-16(25)22-18(26)28-14/h4,7,11-12H,5-6,8-10H2,1-3H3,(H,22,25,26)/b14-11-. The van der Waals surface area contributed by atoms with Crippen LogP contribution in [0.3, 0.4) is 0 Å². The molecule has 28 heavy (non-hydrogen) atoms. The van der Waals surface area contributed by atoms with Crippen LogP contribution in [-0.4, -0.2) is 45.8 Å². The number of piperidine rings is 1. The highest BCUT2D eigenvalue weighted by Gasteiger charge is 2.27. The van der Waals surface area contributed by atoms with Gasteiger partial charge in [0, 0.05) is 25.7 Å². The molecule has 0 radical (unpaired) electrons. The number of anilines is 1. The maximum absolute atomic E-state index is 12.0. The van der Waals surface area contributed by atoms with Crippen molar-refractivity contribution in [3.63, 3.8) is 0 Å². The van der Waals surface area contributed by atoms with Gasteiger partial charge in [0.15, 0.2) is 0 Å². The van der Waals surface area contributed by atoms with Gasteiger partial charge in [0.05, 0.1) is 10.6 Å². The summed E-state index contributed by atoms with van der Waals surface area (Å²) in [6.45, 7) is 7.12. The molecule has 150 valence electrons. The second-order valence-electron chi connectivity index (χ2n) is 7.85. The number of esters is 1. The molecule has 0 aliphatic carbocycles. The lowest BCUT2D eigenvalue weighted by molar-refractivity contribution is -0.156. The van der Waals surface area contributed by atoms with Gasteiger partial charge in [-0.15, -0.1) is 0 Å². The first-order valence-corrected chi connectivity index (χ1v) is 10.1. The van der Waals surface area contributed by atoms with Crippen LogP contribution in [0.15, 0.2) is 17.2 Å². The lowest BCUT2D eigenvalue weighted by Crippen LogP contribution is -2.36. The summed E-state index contributed by atoms with van der Waals surface area (Å²) in [7, 11) is 0. The van der Waals surface area contributed by atoms with Crippen LogP contribution in [-0.2, 0) is 14.3 Å². The van der Waals surface area contributed by atoms with Gasteiger partial charge in [0.1, 0.15) is 5.60 Å². The number of aromatic nitrogens is 2. The van der Waals surface area contributed by atoms with E-state index in [1.54, 1.807) is 18.3 Å². The normalized spacial score (nSPS) is 19.8. The van der Waals surface area contributed by atoms with Crippen molar-refractivity contribution in [1.29, 1.82) is 0 Å². The van der Waals surface area contributed by atoms with E-state index in [4.69, 9.17) is 4.74 Å². The highest BCUT2D eigenvalue weighted by Crippen LogP contribution is 2.27. The monoisotopic (exact) mass is 404 g/mol. The second-order valence-corrected chi connectivity index (χ2v) is 8.87. The number of nitrogens with zero attached hydrogens (tertiary/aromatic N) is 3. The molecular formula is C19H24N4O4S. The van der Waals surface area contributed by atoms with Crippen LogP contribution < -0.4 is 10.2 Å². The predicted molar refractivity (Wildman–Crippen MR) is 107 cm³/mol. The Bertz CT molecular complexity index is 810. The number of imide groups is 1. The summed E-state index contributed by atoms with van der Waals surface area (Å²) in [6, 6.07) is 1.70. The molecule has 2 fully saturated rings. The summed E-state index contributed by atoms with van der Waals surface area (Å²) in [5.74, 6) is 0.316. The topological polar surface area (TPSA) is 101 Å². The summed E-state index contributed by atoms with van der Waals surface area (Å²) >= 11 is 0.863. The fourth-order valence-electron chi connectivity index (χ4n) is 3.11. The Hall–Kier alpha value is -2.42. The number of carbonyl (C=O) groups is 3. The highest BCUT2D eigenvalue weighted by molar-refractivity contribution is 8.18. The molecule has 8 nitrogen and oxygen atoms in total. The van der Waals surface area contributed by atoms with Gasteiger partial charge in [-0.1, -0.05) is 0 Å². The smallest absolute Gasteiger partial charge is 0.306 e. The molecule has 0 saturated carbocycles. The van der Waals surface area contributed by atoms with Gasteiger partial charge >= 0.3 is 5.97 Å². The SMILES string of the molecule is CC(C)(C)OC(=O)CC1CCN(c2nccc(/C=C3\SC(=O)NC3=O)n2)CC1. The summed E-state index contributed by atoms with van der Waals surface area (Å²) in [6.07, 6.45) is 5.38. The first-order valence-electron chi connectivity index (χ1n) is 9.24. The Morgan fingerprint density at radius 3 is 2.68 bits per heavy atom. The molecule has 0 atom stereocenters. The Morgan fingerprint density at radius 2 is 2.07 bits per heavy atom. The quantitative estimate of drug-likeness (QED) is 0.604. The molecule has 2 saturated heterocycles. The number of rotatable bonds is 4. The molecule has 2 aliphatic rings. The number of thioether (sulfide) groups is 1. The molecule has 2 aliphatic heterocycles. The van der Waals surface area contributed by atoms with Crippen molar-refractivity contribution in [2.24, 2.45) is 5.92 Å². The molecule has 3 rings (SSSR count). The van der Waals surface area contributed by atoms with E-state index in [0.29, 0.717) is 28.9 Å². The minimum atomic E-state index is -0.459. The molecule has 0 unspecified atom stereocenters. The number of hydrogen-bond donors (Lipinski definition) is 1. The van der Waals surface area contributed by atoms with Crippen molar-refractivity contribution >= 4 is 40.9 Å². The van der Waals surface area contributed by atoms with E-state index >= 15 is 0 Å². The van der Waals surface area contributed by atoms with Crippen LogP contribution >= 0.6 is 11.8 Å². The molecular weight excluding hydrogens is 380 g/mol. The maximum atomic E-state index is 12.0. The zero-order valence-corrected chi connectivity index (χ0v) is 17.0. The van der Waals surface area contributed by atoms with Crippen molar-refractivity contribution in [1.82, 2.24) is 15.3 Å². The van der Waals surface area contributed by atoms with Gasteiger partial charge in [-0.3, -0.25) is 19.7 Å². The summed E-state index contributed by atoms with van der Waals surface area (Å²) in [5.41, 5.74) is 0.118. The number of ether oxygens (including phenoxy) is 1. The molecule has 1 aromatic heterocycles. The van der Waals surface area contributed by atoms with E-state index in [0.717, 1.165) is 37.7 Å². The number of carbonyl (C=O) groups excluding carboxylic acids is 3. The van der Waals surface area contributed by atoms with E-state index in [2.05, 4.69) is 20.2 Å². The van der Waals surface area contributed by atoms with Gasteiger partial charge in [-0.05, 0) is 63.4 Å². The molecule has 1 aromatic rings. The van der Waals surface area contributed by atoms with E-state index in [9.17, 15) is 14.4 Å². The summed E-state index contributed by atoms with van der Waals surface area (Å²) in [5, 5.41) is 1.85. The van der Waals surface area contributed by atoms with E-state index < -0.39 is 11.5 Å². The van der Waals surface area contributed by atoms with E-state index in [1.807, 2.05) is 20.8 Å². The highest BCUT2D eigenvalue weighted by atomic mass is 32.2. The lowest BCUT2D eigenvalue weighted by Gasteiger charge is -2.32. The largest absolute Gasteiger partial charge is 0.460 e. The fraction of sp³-hybridized carbons (Fsp3) is 0.526. The van der Waals surface area contributed by atoms with Crippen LogP contribution in [0.4, 0.5) is 10.7 Å². The van der Waals surface area contributed by atoms with Gasteiger partial charge < -0.3 is 9.64 Å². The molecule has 2 amide bonds. The number of hydrogen-bond acceptors (Lipinski definition) is 8. The summed E-state index contributed by atoms with van der Waals surface area (Å²) in [4.78, 5) is 46.2. The Kier molecular flexibility index (Phi) is 6.02. The predicted octanol–water partition coefficient (Wildman–Crippen LogP) is 2.75. The number of amides is 2. The van der Waals surface area contributed by atoms with Crippen LogP contribution in [0.5, 0.6) is 0 Å². The van der Waals surface area contributed by atoms with Crippen molar-refractivity contribution in [2.75, 3.05) is 18.0 Å². The third-order valence-corrected chi connectivity index (χ3v) is 5.17. The van der Waals surface area contributed by atoms with Crippen molar-refractivity contribution in [3.05, 3.63) is 22.9 Å². The third kappa shape index (κ3) is 5.54. The molecule has 3 heterocycles. The maximum Gasteiger partial charge on any atom is 0.306 e. The average Bonchev–Trinajstić information content (AvgIpc) is 2.91. The molecule has 0 bridgehead atoms. The van der Waals surface area contributed by atoms with Gasteiger partial charge in [0.2, 0.25) is 5.95 Å². The fourth-order valence-corrected chi connectivity index (χ4v) is 3.77. The average molecular weight is 404 g/mol. The van der Waals surface area contributed by atoms with Crippen LogP contribution in [0.2, 0.25) is 0 Å². The van der Waals surface area contributed by atoms with E-state index in [-0.39, 0.29) is 11.2 Å². The lowest BCUT2D eigenvalue weighted by atomic mass is 9.93. The van der Waals surface area contributed by atoms with Gasteiger partial charge in [0.25, 0.3) is 11.1 Å². The zero-order chi connectivity index (χ0) is 20.3. The first kappa shape index (κ1) is 20.3. The minimum Gasteiger partial charge on any atom is -0.460 e. The number of nitrogens with one attached hydrogen (secondary N) is 1. The van der Waals surface area contributed by atoms with Crippen molar-refractivity contribution < 1.29 is 19.1 Å². The van der Waals surface area contributed by atoms with Crippen LogP contribution in [0.1, 0.15) is 45.7 Å². The minimum absolute atomic E-state index is 0.155. The van der Waals surface area contributed by atoms with Gasteiger partial charge in [-0.25, -0.2) is 9.97 Å². The molecule has 0 aromatic carbocycles. The van der Waals surface area contributed by atoms with Crippen molar-refractivity contribution in [2.45, 2.75) is 45.6 Å². The summed E-state index contributed by atoms with van der Waals surface area (Å²) < 4.78 is 5.40. The second kappa shape index (κ2) is 8.30. The van der Waals surface area contributed by atoms with Crippen LogP contribution in [0.25, 0.3) is 6.08 Å². The molecule has 9 heteroatoms. The van der Waals surface area contributed by atoms with Crippen molar-refractivity contribution in [3.8, 4) is 0 Å². The van der Waals surface area contributed by atoms with Gasteiger partial charge in [-0.2, -0.15) is 0 Å². The third-order valence-electron chi connectivity index (χ3n) is 4.36.